The van der Waals surface area contributed by atoms with Crippen LogP contribution in [-0.2, 0) is 23.0 Å². The van der Waals surface area contributed by atoms with Crippen molar-refractivity contribution in [3.63, 3.8) is 0 Å². The summed E-state index contributed by atoms with van der Waals surface area (Å²) in [6, 6.07) is 17.8. The zero-order valence-electron chi connectivity index (χ0n) is 15.5. The molecule has 1 aliphatic heterocycles. The maximum Gasteiger partial charge on any atom is 0.266 e. The molecule has 4 rings (SSSR count). The first-order valence-corrected chi connectivity index (χ1v) is 11.6. The lowest BCUT2D eigenvalue weighted by molar-refractivity contribution is 0.591. The van der Waals surface area contributed by atoms with E-state index in [1.165, 1.54) is 0 Å². The van der Waals surface area contributed by atoms with E-state index in [1.54, 1.807) is 30.3 Å². The third-order valence-corrected chi connectivity index (χ3v) is 7.11. The molecule has 0 saturated carbocycles. The van der Waals surface area contributed by atoms with Crippen molar-refractivity contribution >= 4 is 56.5 Å². The number of halogens is 3. The van der Waals surface area contributed by atoms with Crippen LogP contribution in [0, 0.1) is 0 Å². The van der Waals surface area contributed by atoms with Crippen LogP contribution in [0.3, 0.4) is 0 Å². The van der Waals surface area contributed by atoms with Crippen LogP contribution >= 0.6 is 34.8 Å². The minimum atomic E-state index is -3.76. The van der Waals surface area contributed by atoms with E-state index in [-0.39, 0.29) is 17.4 Å². The fourth-order valence-corrected chi connectivity index (χ4v) is 4.85. The fourth-order valence-electron chi connectivity index (χ4n) is 3.14. The topological polar surface area (TPSA) is 70.6 Å². The second-order valence-electron chi connectivity index (χ2n) is 6.70. The zero-order valence-corrected chi connectivity index (χ0v) is 18.6. The predicted octanol–water partition coefficient (Wildman–Crippen LogP) is 5.50. The van der Waals surface area contributed by atoms with Crippen molar-refractivity contribution < 1.29 is 8.42 Å². The van der Waals surface area contributed by atoms with Gasteiger partial charge < -0.3 is 5.32 Å². The first kappa shape index (κ1) is 21.0. The number of para-hydroxylation sites is 1. The average Bonchev–Trinajstić information content (AvgIpc) is 2.71. The summed E-state index contributed by atoms with van der Waals surface area (Å²) in [5, 5.41) is 4.60. The van der Waals surface area contributed by atoms with Gasteiger partial charge in [0.1, 0.15) is 4.90 Å². The van der Waals surface area contributed by atoms with Crippen LogP contribution in [0.1, 0.15) is 16.7 Å². The number of anilines is 1. The lowest BCUT2D eigenvalue weighted by Crippen LogP contribution is -2.41. The van der Waals surface area contributed by atoms with E-state index in [1.807, 2.05) is 30.3 Å². The number of nitrogens with zero attached hydrogens (tertiary/aromatic N) is 1. The second kappa shape index (κ2) is 8.47. The van der Waals surface area contributed by atoms with E-state index in [4.69, 9.17) is 34.8 Å². The first-order valence-electron chi connectivity index (χ1n) is 8.97. The van der Waals surface area contributed by atoms with Crippen molar-refractivity contribution in [3.8, 4) is 0 Å². The Bertz CT molecular complexity index is 1260. The molecule has 30 heavy (non-hydrogen) atoms. The minimum Gasteiger partial charge on any atom is -0.324 e. The van der Waals surface area contributed by atoms with Gasteiger partial charge in [0.15, 0.2) is 0 Å². The number of aliphatic imine (C=N–C) groups is 1. The van der Waals surface area contributed by atoms with E-state index >= 15 is 0 Å². The second-order valence-corrected chi connectivity index (χ2v) is 9.57. The molecule has 0 saturated heterocycles. The quantitative estimate of drug-likeness (QED) is 0.518. The van der Waals surface area contributed by atoms with Crippen LogP contribution in [0.2, 0.25) is 15.1 Å². The van der Waals surface area contributed by atoms with Crippen molar-refractivity contribution in [1.29, 1.82) is 0 Å². The third-order valence-electron chi connectivity index (χ3n) is 4.62. The zero-order chi connectivity index (χ0) is 21.3. The Morgan fingerprint density at radius 3 is 2.37 bits per heavy atom. The SMILES string of the molecule is O=S1(=O)NC(=NCc2ccc(Cl)c(Cl)c2)Nc2c(Cc3ccccc3Cl)cccc21. The molecule has 0 fully saturated rings. The molecule has 0 aromatic heterocycles. The lowest BCUT2D eigenvalue weighted by Gasteiger charge is -2.24. The van der Waals surface area contributed by atoms with Crippen LogP contribution in [0.4, 0.5) is 5.69 Å². The fraction of sp³-hybridized carbons (Fsp3) is 0.0952. The van der Waals surface area contributed by atoms with Crippen molar-refractivity contribution in [2.75, 3.05) is 5.32 Å². The van der Waals surface area contributed by atoms with Crippen LogP contribution < -0.4 is 10.0 Å². The summed E-state index contributed by atoms with van der Waals surface area (Å²) in [5.74, 6) is 0.139. The molecule has 0 aliphatic carbocycles. The molecule has 9 heteroatoms. The van der Waals surface area contributed by atoms with Crippen molar-refractivity contribution in [1.82, 2.24) is 4.72 Å². The van der Waals surface area contributed by atoms with E-state index in [9.17, 15) is 8.42 Å². The summed E-state index contributed by atoms with van der Waals surface area (Å²) in [6.07, 6.45) is 0.478. The number of hydrogen-bond acceptors (Lipinski definition) is 3. The van der Waals surface area contributed by atoms with Gasteiger partial charge in [-0.05, 0) is 41.0 Å². The Morgan fingerprint density at radius 1 is 0.833 bits per heavy atom. The maximum absolute atomic E-state index is 12.8. The van der Waals surface area contributed by atoms with E-state index < -0.39 is 10.0 Å². The van der Waals surface area contributed by atoms with Crippen LogP contribution in [0.15, 0.2) is 70.6 Å². The molecule has 0 atom stereocenters. The monoisotopic (exact) mass is 479 g/mol. The molecule has 0 spiro atoms. The van der Waals surface area contributed by atoms with Gasteiger partial charge in [-0.25, -0.2) is 18.1 Å². The van der Waals surface area contributed by atoms with Gasteiger partial charge in [-0.15, -0.1) is 0 Å². The van der Waals surface area contributed by atoms with Gasteiger partial charge in [0.2, 0.25) is 5.96 Å². The largest absolute Gasteiger partial charge is 0.324 e. The average molecular weight is 481 g/mol. The summed E-state index contributed by atoms with van der Waals surface area (Å²) in [5.41, 5.74) is 2.99. The number of nitrogens with one attached hydrogen (secondary N) is 2. The van der Waals surface area contributed by atoms with Crippen LogP contribution in [-0.4, -0.2) is 14.4 Å². The normalized spacial score (nSPS) is 15.9. The van der Waals surface area contributed by atoms with Gasteiger partial charge in [-0.2, -0.15) is 0 Å². The van der Waals surface area contributed by atoms with Gasteiger partial charge in [0.25, 0.3) is 10.0 Å². The Balaban J connectivity index is 1.67. The molecule has 5 nitrogen and oxygen atoms in total. The molecule has 0 radical (unpaired) electrons. The molecule has 3 aromatic rings. The molecular weight excluding hydrogens is 465 g/mol. The number of guanidine groups is 1. The molecule has 0 unspecified atom stereocenters. The summed E-state index contributed by atoms with van der Waals surface area (Å²) in [7, 11) is -3.76. The van der Waals surface area contributed by atoms with E-state index in [0.717, 1.165) is 16.7 Å². The molecule has 2 N–H and O–H groups in total. The highest BCUT2D eigenvalue weighted by atomic mass is 35.5. The van der Waals surface area contributed by atoms with E-state index in [0.29, 0.717) is 27.2 Å². The summed E-state index contributed by atoms with van der Waals surface area (Å²) < 4.78 is 28.0. The van der Waals surface area contributed by atoms with Crippen molar-refractivity contribution in [2.45, 2.75) is 17.9 Å². The minimum absolute atomic E-state index is 0.139. The molecule has 1 heterocycles. The Kier molecular flexibility index (Phi) is 5.93. The molecule has 3 aromatic carbocycles. The van der Waals surface area contributed by atoms with E-state index in [2.05, 4.69) is 15.0 Å². The Morgan fingerprint density at radius 2 is 1.60 bits per heavy atom. The number of fused-ring (bicyclic) bond motifs is 1. The highest BCUT2D eigenvalue weighted by Crippen LogP contribution is 2.31. The standard InChI is InChI=1S/C21H16Cl3N3O2S/c22-16-6-2-1-4-14(16)11-15-5-3-7-19-20(15)26-21(27-30(19,28)29)25-12-13-8-9-17(23)18(24)10-13/h1-10H,11-12H2,(H2,25,26,27). The number of sulfonamides is 1. The van der Waals surface area contributed by atoms with Crippen LogP contribution in [0.25, 0.3) is 0 Å². The number of rotatable bonds is 4. The third kappa shape index (κ3) is 4.42. The summed E-state index contributed by atoms with van der Waals surface area (Å²) in [6.45, 7) is 0.226. The van der Waals surface area contributed by atoms with Crippen LogP contribution in [0.5, 0.6) is 0 Å². The van der Waals surface area contributed by atoms with Crippen molar-refractivity contribution in [2.24, 2.45) is 4.99 Å². The van der Waals surface area contributed by atoms with Gasteiger partial charge >= 0.3 is 0 Å². The molecule has 0 amide bonds. The molecular formula is C21H16Cl3N3O2S. The smallest absolute Gasteiger partial charge is 0.266 e. The first-order chi connectivity index (χ1) is 14.3. The Hall–Kier alpha value is -2.25. The van der Waals surface area contributed by atoms with Gasteiger partial charge in [-0.3, -0.25) is 0 Å². The van der Waals surface area contributed by atoms with Gasteiger partial charge in [0.05, 0.1) is 22.3 Å². The predicted molar refractivity (Wildman–Crippen MR) is 122 cm³/mol. The summed E-state index contributed by atoms with van der Waals surface area (Å²) >= 11 is 18.3. The number of benzene rings is 3. The molecule has 154 valence electrons. The van der Waals surface area contributed by atoms with Crippen molar-refractivity contribution in [3.05, 3.63) is 92.4 Å². The van der Waals surface area contributed by atoms with Gasteiger partial charge in [0, 0.05) is 11.4 Å². The summed E-state index contributed by atoms with van der Waals surface area (Å²) in [4.78, 5) is 4.54. The highest BCUT2D eigenvalue weighted by molar-refractivity contribution is 7.90. The lowest BCUT2D eigenvalue weighted by atomic mass is 10.0. The Labute approximate surface area is 189 Å². The number of hydrogen-bond donors (Lipinski definition) is 2. The maximum atomic E-state index is 12.8. The highest BCUT2D eigenvalue weighted by Gasteiger charge is 2.28. The molecule has 0 bridgehead atoms. The van der Waals surface area contributed by atoms with Gasteiger partial charge in [-0.1, -0.05) is 71.2 Å². The molecule has 1 aliphatic rings.